The minimum absolute atomic E-state index is 0. The van der Waals surface area contributed by atoms with E-state index in [1.54, 1.807) is 0 Å². The molecule has 2 saturated heterocycles. The van der Waals surface area contributed by atoms with Gasteiger partial charge in [0.25, 0.3) is 0 Å². The summed E-state index contributed by atoms with van der Waals surface area (Å²) in [6, 6.07) is 6.16. The zero-order valence-electron chi connectivity index (χ0n) is 19.2. The Morgan fingerprint density at radius 3 is 2.52 bits per heavy atom. The van der Waals surface area contributed by atoms with Crippen LogP contribution in [0, 0.1) is 0 Å². The Bertz CT molecular complexity index is 745. The largest absolute Gasteiger partial charge is 0.454 e. The molecule has 0 unspecified atom stereocenters. The van der Waals surface area contributed by atoms with E-state index >= 15 is 0 Å². The number of guanidine groups is 1. The number of fused-ring (bicyclic) bond motifs is 1. The lowest BCUT2D eigenvalue weighted by Crippen LogP contribution is -2.62. The first kappa shape index (κ1) is 24.4. The molecule has 1 aromatic rings. The van der Waals surface area contributed by atoms with Gasteiger partial charge in [0, 0.05) is 32.7 Å². The van der Waals surface area contributed by atoms with E-state index < -0.39 is 0 Å². The lowest BCUT2D eigenvalue weighted by molar-refractivity contribution is 0.0170. The highest BCUT2D eigenvalue weighted by Crippen LogP contribution is 2.33. The molecule has 4 rings (SSSR count). The van der Waals surface area contributed by atoms with Gasteiger partial charge in [-0.15, -0.1) is 24.0 Å². The number of nitrogens with zero attached hydrogens (tertiary/aromatic N) is 4. The Morgan fingerprint density at radius 2 is 1.81 bits per heavy atom. The van der Waals surface area contributed by atoms with Gasteiger partial charge in [-0.05, 0) is 76.6 Å². The van der Waals surface area contributed by atoms with Crippen molar-refractivity contribution in [3.63, 3.8) is 0 Å². The van der Waals surface area contributed by atoms with Gasteiger partial charge >= 0.3 is 0 Å². The summed E-state index contributed by atoms with van der Waals surface area (Å²) < 4.78 is 11.0. The average Bonchev–Trinajstić information content (AvgIpc) is 3.24. The van der Waals surface area contributed by atoms with Crippen molar-refractivity contribution >= 4 is 29.9 Å². The van der Waals surface area contributed by atoms with Crippen LogP contribution in [0.4, 0.5) is 0 Å². The third kappa shape index (κ3) is 5.76. The van der Waals surface area contributed by atoms with Crippen molar-refractivity contribution in [1.82, 2.24) is 20.0 Å². The topological polar surface area (TPSA) is 52.6 Å². The monoisotopic (exact) mass is 543 g/mol. The lowest BCUT2D eigenvalue weighted by Gasteiger charge is -2.50. The summed E-state index contributed by atoms with van der Waals surface area (Å²) in [5, 5.41) is 3.72. The fourth-order valence-electron chi connectivity index (χ4n) is 5.02. The summed E-state index contributed by atoms with van der Waals surface area (Å²) in [4.78, 5) is 12.0. The first-order chi connectivity index (χ1) is 14.6. The first-order valence-corrected chi connectivity index (χ1v) is 11.3. The van der Waals surface area contributed by atoms with Crippen LogP contribution in [-0.2, 0) is 6.54 Å². The summed E-state index contributed by atoms with van der Waals surface area (Å²) >= 11 is 0. The molecule has 3 heterocycles. The van der Waals surface area contributed by atoms with Crippen LogP contribution in [0.5, 0.6) is 11.5 Å². The number of hydrogen-bond donors (Lipinski definition) is 1. The first-order valence-electron chi connectivity index (χ1n) is 11.3. The minimum atomic E-state index is 0. The molecule has 7 nitrogen and oxygen atoms in total. The van der Waals surface area contributed by atoms with E-state index in [1.165, 1.54) is 63.8 Å². The second-order valence-electron chi connectivity index (χ2n) is 9.02. The van der Waals surface area contributed by atoms with Crippen molar-refractivity contribution in [3.8, 4) is 11.5 Å². The maximum atomic E-state index is 5.53. The zero-order valence-corrected chi connectivity index (χ0v) is 21.6. The Labute approximate surface area is 204 Å². The molecule has 0 radical (unpaired) electrons. The number of ether oxygens (including phenoxy) is 2. The van der Waals surface area contributed by atoms with Crippen molar-refractivity contribution in [3.05, 3.63) is 23.8 Å². The molecule has 1 N–H and O–H groups in total. The van der Waals surface area contributed by atoms with Crippen molar-refractivity contribution in [2.45, 2.75) is 44.2 Å². The number of likely N-dealkylation sites (tertiary alicyclic amines) is 2. The summed E-state index contributed by atoms with van der Waals surface area (Å²) in [5.41, 5.74) is 1.43. The Hall–Kier alpha value is -1.26. The molecule has 174 valence electrons. The van der Waals surface area contributed by atoms with Gasteiger partial charge in [-0.3, -0.25) is 9.89 Å². The smallest absolute Gasteiger partial charge is 0.231 e. The summed E-state index contributed by atoms with van der Waals surface area (Å²) in [5.74, 6) is 2.61. The van der Waals surface area contributed by atoms with Crippen molar-refractivity contribution in [1.29, 1.82) is 0 Å². The van der Waals surface area contributed by atoms with Gasteiger partial charge in [-0.1, -0.05) is 12.5 Å². The van der Waals surface area contributed by atoms with Crippen LogP contribution in [0.15, 0.2) is 23.2 Å². The molecule has 1 aromatic carbocycles. The number of nitrogens with one attached hydrogen (secondary N) is 1. The third-order valence-electron chi connectivity index (χ3n) is 6.95. The molecule has 0 saturated carbocycles. The molecular weight excluding hydrogens is 505 g/mol. The second kappa shape index (κ2) is 11.0. The summed E-state index contributed by atoms with van der Waals surface area (Å²) in [6.45, 7) is 6.85. The van der Waals surface area contributed by atoms with E-state index in [0.717, 1.165) is 30.5 Å². The molecular formula is C23H38IN5O2. The predicted octanol–water partition coefficient (Wildman–Crippen LogP) is 2.99. The maximum absolute atomic E-state index is 5.53. The lowest BCUT2D eigenvalue weighted by atomic mass is 9.84. The standard InChI is InChI=1S/C23H37N5O2.HI/c1-24-22(27(3)16-19-7-8-20-21(15-19)30-18-29-20)25-17-23(9-13-26(2)14-10-23)28-11-5-4-6-12-28;/h7-8,15H,4-6,9-14,16-18H2,1-3H3,(H,24,25);1H. The van der Waals surface area contributed by atoms with E-state index in [4.69, 9.17) is 9.47 Å². The Kier molecular flexibility index (Phi) is 8.69. The molecule has 8 heteroatoms. The van der Waals surface area contributed by atoms with E-state index in [2.05, 4.69) is 51.2 Å². The molecule has 31 heavy (non-hydrogen) atoms. The number of benzene rings is 1. The van der Waals surface area contributed by atoms with Gasteiger partial charge in [0.15, 0.2) is 17.5 Å². The number of halogens is 1. The molecule has 0 spiro atoms. The van der Waals surface area contributed by atoms with Crippen LogP contribution in [0.25, 0.3) is 0 Å². The quantitative estimate of drug-likeness (QED) is 0.350. The molecule has 0 atom stereocenters. The van der Waals surface area contributed by atoms with E-state index in [9.17, 15) is 0 Å². The zero-order chi connectivity index (χ0) is 21.0. The summed E-state index contributed by atoms with van der Waals surface area (Å²) in [7, 11) is 6.22. The highest BCUT2D eigenvalue weighted by molar-refractivity contribution is 14.0. The average molecular weight is 543 g/mol. The fraction of sp³-hybridized carbons (Fsp3) is 0.696. The number of aliphatic imine (C=N–C) groups is 1. The molecule has 0 amide bonds. The Balaban J connectivity index is 0.00000272. The second-order valence-corrected chi connectivity index (χ2v) is 9.02. The molecule has 2 fully saturated rings. The van der Waals surface area contributed by atoms with Gasteiger partial charge < -0.3 is 24.6 Å². The van der Waals surface area contributed by atoms with Crippen molar-refractivity contribution < 1.29 is 9.47 Å². The van der Waals surface area contributed by atoms with Gasteiger partial charge in [0.2, 0.25) is 6.79 Å². The van der Waals surface area contributed by atoms with Crippen LogP contribution in [0.1, 0.15) is 37.7 Å². The van der Waals surface area contributed by atoms with Crippen molar-refractivity contribution in [2.24, 2.45) is 4.99 Å². The van der Waals surface area contributed by atoms with Crippen molar-refractivity contribution in [2.75, 3.05) is 60.7 Å². The van der Waals surface area contributed by atoms with Gasteiger partial charge in [-0.2, -0.15) is 0 Å². The third-order valence-corrected chi connectivity index (χ3v) is 6.95. The minimum Gasteiger partial charge on any atom is -0.454 e. The van der Waals surface area contributed by atoms with Crippen LogP contribution < -0.4 is 14.8 Å². The molecule has 0 aliphatic carbocycles. The summed E-state index contributed by atoms with van der Waals surface area (Å²) in [6.07, 6.45) is 6.48. The number of rotatable bonds is 5. The van der Waals surface area contributed by atoms with Gasteiger partial charge in [0.05, 0.1) is 0 Å². The normalized spacial score (nSPS) is 21.5. The van der Waals surface area contributed by atoms with Crippen LogP contribution in [-0.4, -0.2) is 86.9 Å². The fourth-order valence-corrected chi connectivity index (χ4v) is 5.02. The van der Waals surface area contributed by atoms with Gasteiger partial charge in [-0.25, -0.2) is 0 Å². The highest BCUT2D eigenvalue weighted by Gasteiger charge is 2.39. The number of piperidine rings is 2. The molecule has 3 aliphatic heterocycles. The van der Waals surface area contributed by atoms with Crippen LogP contribution >= 0.6 is 24.0 Å². The SMILES string of the molecule is CN=C(NCC1(N2CCCCC2)CCN(C)CC1)N(C)Cc1ccc2c(c1)OCO2.I. The van der Waals surface area contributed by atoms with Crippen LogP contribution in [0.2, 0.25) is 0 Å². The van der Waals surface area contributed by atoms with E-state index in [-0.39, 0.29) is 29.5 Å². The Morgan fingerprint density at radius 1 is 1.10 bits per heavy atom. The van der Waals surface area contributed by atoms with Crippen LogP contribution in [0.3, 0.4) is 0 Å². The number of hydrogen-bond acceptors (Lipinski definition) is 5. The predicted molar refractivity (Wildman–Crippen MR) is 136 cm³/mol. The maximum Gasteiger partial charge on any atom is 0.231 e. The molecule has 0 aromatic heterocycles. The van der Waals surface area contributed by atoms with E-state index in [1.807, 2.05) is 13.1 Å². The molecule has 3 aliphatic rings. The van der Waals surface area contributed by atoms with E-state index in [0.29, 0.717) is 6.79 Å². The molecule has 0 bridgehead atoms. The van der Waals surface area contributed by atoms with Gasteiger partial charge in [0.1, 0.15) is 0 Å². The highest BCUT2D eigenvalue weighted by atomic mass is 127.